The maximum Gasteiger partial charge on any atom is 0.235 e. The SMILES string of the molecule is Cc1sc2ncnc(S[C@H](C)C(=O)N(C)[C@@H]3CCS(=O)(=O)C3)c2c1C. The number of nitrogens with zero attached hydrogens (tertiary/aromatic N) is 3. The Labute approximate surface area is 156 Å². The van der Waals surface area contributed by atoms with Gasteiger partial charge in [-0.25, -0.2) is 18.4 Å². The smallest absolute Gasteiger partial charge is 0.235 e. The molecule has 0 unspecified atom stereocenters. The molecule has 2 aromatic heterocycles. The van der Waals surface area contributed by atoms with Crippen molar-refractivity contribution < 1.29 is 13.2 Å². The molecule has 1 saturated heterocycles. The Morgan fingerprint density at radius 2 is 2.12 bits per heavy atom. The Hall–Kier alpha value is -1.19. The van der Waals surface area contributed by atoms with Crippen LogP contribution < -0.4 is 0 Å². The first-order chi connectivity index (χ1) is 11.7. The van der Waals surface area contributed by atoms with Crippen LogP contribution in [0.3, 0.4) is 0 Å². The van der Waals surface area contributed by atoms with Gasteiger partial charge in [0.2, 0.25) is 5.91 Å². The van der Waals surface area contributed by atoms with Crippen molar-refractivity contribution in [3.8, 4) is 0 Å². The standard InChI is InChI=1S/C16H21N3O3S3/c1-9-10(2)23-14-13(9)15(18-8-17-14)24-11(3)16(20)19(4)12-5-6-25(21,22)7-12/h8,11-12H,5-7H2,1-4H3/t11-,12-/m1/s1. The lowest BCUT2D eigenvalue weighted by molar-refractivity contribution is -0.130. The average Bonchev–Trinajstić information content (AvgIpc) is 3.06. The number of carbonyl (C=O) groups is 1. The molecular weight excluding hydrogens is 378 g/mol. The van der Waals surface area contributed by atoms with Crippen molar-refractivity contribution in [2.75, 3.05) is 18.6 Å². The number of amides is 1. The number of hydrogen-bond donors (Lipinski definition) is 0. The van der Waals surface area contributed by atoms with Crippen LogP contribution in [0.2, 0.25) is 0 Å². The molecule has 1 fully saturated rings. The predicted molar refractivity (Wildman–Crippen MR) is 102 cm³/mol. The molecule has 3 heterocycles. The maximum absolute atomic E-state index is 12.7. The van der Waals surface area contributed by atoms with Gasteiger partial charge in [-0.05, 0) is 32.8 Å². The summed E-state index contributed by atoms with van der Waals surface area (Å²) in [7, 11) is -1.32. The fourth-order valence-corrected chi connectivity index (χ4v) is 6.92. The summed E-state index contributed by atoms with van der Waals surface area (Å²) in [6.07, 6.45) is 2.05. The van der Waals surface area contributed by atoms with Gasteiger partial charge in [-0.15, -0.1) is 11.3 Å². The summed E-state index contributed by atoms with van der Waals surface area (Å²) in [5, 5.41) is 1.48. The second-order valence-electron chi connectivity index (χ2n) is 6.41. The fraction of sp³-hybridized carbons (Fsp3) is 0.562. The van der Waals surface area contributed by atoms with Crippen molar-refractivity contribution >= 4 is 49.1 Å². The Kier molecular flexibility index (Phi) is 5.09. The molecule has 0 bridgehead atoms. The Morgan fingerprint density at radius 1 is 1.40 bits per heavy atom. The van der Waals surface area contributed by atoms with Crippen LogP contribution in [0.4, 0.5) is 0 Å². The molecule has 1 aliphatic heterocycles. The predicted octanol–water partition coefficient (Wildman–Crippen LogP) is 2.43. The Balaban J connectivity index is 1.78. The fourth-order valence-electron chi connectivity index (χ4n) is 3.00. The summed E-state index contributed by atoms with van der Waals surface area (Å²) in [4.78, 5) is 25.2. The van der Waals surface area contributed by atoms with Gasteiger partial charge in [0.05, 0.1) is 16.8 Å². The van der Waals surface area contributed by atoms with Crippen LogP contribution in [0.25, 0.3) is 10.2 Å². The van der Waals surface area contributed by atoms with Gasteiger partial charge in [0.25, 0.3) is 0 Å². The number of aryl methyl sites for hydroxylation is 2. The number of aromatic nitrogens is 2. The van der Waals surface area contributed by atoms with E-state index in [1.807, 2.05) is 13.8 Å². The van der Waals surface area contributed by atoms with Crippen LogP contribution in [0.1, 0.15) is 23.8 Å². The normalized spacial score (nSPS) is 20.7. The number of thioether (sulfide) groups is 1. The zero-order chi connectivity index (χ0) is 18.4. The van der Waals surface area contributed by atoms with Crippen LogP contribution in [0, 0.1) is 13.8 Å². The van der Waals surface area contributed by atoms with Crippen molar-refractivity contribution in [3.63, 3.8) is 0 Å². The highest BCUT2D eigenvalue weighted by Crippen LogP contribution is 2.36. The number of hydrogen-bond acceptors (Lipinski definition) is 7. The molecule has 0 radical (unpaired) electrons. The highest BCUT2D eigenvalue weighted by atomic mass is 32.2. The van der Waals surface area contributed by atoms with E-state index in [1.54, 1.807) is 23.3 Å². The molecule has 2 atom stereocenters. The van der Waals surface area contributed by atoms with Gasteiger partial charge in [0, 0.05) is 23.4 Å². The molecule has 1 aliphatic rings. The molecule has 136 valence electrons. The van der Waals surface area contributed by atoms with Gasteiger partial charge in [-0.1, -0.05) is 11.8 Å². The summed E-state index contributed by atoms with van der Waals surface area (Å²) in [6.45, 7) is 5.94. The second kappa shape index (κ2) is 6.85. The summed E-state index contributed by atoms with van der Waals surface area (Å²) >= 11 is 3.04. The molecule has 0 aromatic carbocycles. The minimum Gasteiger partial charge on any atom is -0.341 e. The van der Waals surface area contributed by atoms with Gasteiger partial charge < -0.3 is 4.90 Å². The van der Waals surface area contributed by atoms with Gasteiger partial charge in [-0.2, -0.15) is 0 Å². The third kappa shape index (κ3) is 3.68. The van der Waals surface area contributed by atoms with Crippen molar-refractivity contribution in [1.82, 2.24) is 14.9 Å². The molecule has 6 nitrogen and oxygen atoms in total. The summed E-state index contributed by atoms with van der Waals surface area (Å²) in [5.41, 5.74) is 1.15. The first kappa shape index (κ1) is 18.6. The van der Waals surface area contributed by atoms with Gasteiger partial charge in [0.1, 0.15) is 16.2 Å². The topological polar surface area (TPSA) is 80.2 Å². The first-order valence-corrected chi connectivity index (χ1v) is 11.6. The molecule has 2 aromatic rings. The van der Waals surface area contributed by atoms with E-state index in [0.29, 0.717) is 6.42 Å². The van der Waals surface area contributed by atoms with Gasteiger partial charge in [-0.3, -0.25) is 4.79 Å². The molecule has 0 aliphatic carbocycles. The Morgan fingerprint density at radius 3 is 2.76 bits per heavy atom. The average molecular weight is 400 g/mol. The van der Waals surface area contributed by atoms with Crippen LogP contribution in [0.15, 0.2) is 11.4 Å². The van der Waals surface area contributed by atoms with E-state index in [9.17, 15) is 13.2 Å². The molecule has 1 amide bonds. The van der Waals surface area contributed by atoms with Gasteiger partial charge >= 0.3 is 0 Å². The summed E-state index contributed by atoms with van der Waals surface area (Å²) in [6, 6.07) is -0.226. The maximum atomic E-state index is 12.7. The highest BCUT2D eigenvalue weighted by molar-refractivity contribution is 8.00. The van der Waals surface area contributed by atoms with E-state index in [2.05, 4.69) is 16.9 Å². The number of fused-ring (bicyclic) bond motifs is 1. The first-order valence-electron chi connectivity index (χ1n) is 8.04. The molecule has 0 saturated carbocycles. The minimum absolute atomic E-state index is 0.0627. The molecule has 0 N–H and O–H groups in total. The van der Waals surface area contributed by atoms with Crippen LogP contribution in [0.5, 0.6) is 0 Å². The lowest BCUT2D eigenvalue weighted by Gasteiger charge is -2.26. The molecule has 25 heavy (non-hydrogen) atoms. The van der Waals surface area contributed by atoms with Crippen LogP contribution in [-0.2, 0) is 14.6 Å². The van der Waals surface area contributed by atoms with E-state index in [-0.39, 0.29) is 28.7 Å². The quantitative estimate of drug-likeness (QED) is 0.580. The zero-order valence-corrected chi connectivity index (χ0v) is 17.1. The summed E-state index contributed by atoms with van der Waals surface area (Å²) in [5.74, 6) is 0.160. The van der Waals surface area contributed by atoms with Crippen molar-refractivity contribution in [3.05, 3.63) is 16.8 Å². The molecule has 0 spiro atoms. The molecule has 3 rings (SSSR count). The van der Waals surface area contributed by atoms with E-state index >= 15 is 0 Å². The van der Waals surface area contributed by atoms with Gasteiger partial charge in [0.15, 0.2) is 9.84 Å². The molecular formula is C16H21N3O3S3. The lowest BCUT2D eigenvalue weighted by atomic mass is 10.2. The number of rotatable bonds is 4. The summed E-state index contributed by atoms with van der Waals surface area (Å²) < 4.78 is 23.3. The third-order valence-corrected chi connectivity index (χ3v) is 8.62. The van der Waals surface area contributed by atoms with Crippen LogP contribution >= 0.6 is 23.1 Å². The van der Waals surface area contributed by atoms with Crippen molar-refractivity contribution in [1.29, 1.82) is 0 Å². The van der Waals surface area contributed by atoms with Crippen LogP contribution in [-0.4, -0.2) is 59.0 Å². The largest absolute Gasteiger partial charge is 0.341 e. The van der Waals surface area contributed by atoms with Crippen molar-refractivity contribution in [2.24, 2.45) is 0 Å². The monoisotopic (exact) mass is 399 g/mol. The van der Waals surface area contributed by atoms with E-state index in [4.69, 9.17) is 0 Å². The minimum atomic E-state index is -3.01. The third-order valence-electron chi connectivity index (χ3n) is 4.67. The highest BCUT2D eigenvalue weighted by Gasteiger charge is 2.34. The van der Waals surface area contributed by atoms with E-state index in [0.717, 1.165) is 20.8 Å². The second-order valence-corrected chi connectivity index (χ2v) is 11.2. The number of sulfone groups is 1. The molecule has 9 heteroatoms. The lowest BCUT2D eigenvalue weighted by Crippen LogP contribution is -2.41. The van der Waals surface area contributed by atoms with E-state index < -0.39 is 9.84 Å². The Bertz CT molecular complexity index is 923. The van der Waals surface area contributed by atoms with E-state index in [1.165, 1.54) is 23.0 Å². The number of carbonyl (C=O) groups excluding carboxylic acids is 1. The number of thiophene rings is 1. The van der Waals surface area contributed by atoms with Crippen molar-refractivity contribution in [2.45, 2.75) is 43.5 Å². The zero-order valence-electron chi connectivity index (χ0n) is 14.6.